The van der Waals surface area contributed by atoms with Gasteiger partial charge in [0, 0.05) is 25.9 Å². The summed E-state index contributed by atoms with van der Waals surface area (Å²) in [5.41, 5.74) is 0.355. The lowest BCUT2D eigenvalue weighted by Crippen LogP contribution is -2.44. The Hall–Kier alpha value is -1.59. The highest BCUT2D eigenvalue weighted by Crippen LogP contribution is 2.37. The fourth-order valence-corrected chi connectivity index (χ4v) is 3.23. The highest BCUT2D eigenvalue weighted by atomic mass is 16.7. The number of amides is 1. The molecular weight excluding hydrogens is 270 g/mol. The van der Waals surface area contributed by atoms with Gasteiger partial charge in [-0.05, 0) is 25.0 Å². The van der Waals surface area contributed by atoms with Gasteiger partial charge in [0.2, 0.25) is 0 Å². The van der Waals surface area contributed by atoms with Gasteiger partial charge in [0.1, 0.15) is 5.75 Å². The van der Waals surface area contributed by atoms with Crippen LogP contribution in [0.5, 0.6) is 5.75 Å². The summed E-state index contributed by atoms with van der Waals surface area (Å²) in [6.07, 6.45) is 3.35. The normalized spacial score (nSPS) is 21.6. The number of rotatable bonds is 2. The molecular formula is C16H21NO4. The quantitative estimate of drug-likeness (QED) is 0.907. The average Bonchev–Trinajstić information content (AvgIpc) is 2.95. The molecule has 0 radical (unpaired) electrons. The van der Waals surface area contributed by atoms with Crippen molar-refractivity contribution in [2.45, 2.75) is 37.5 Å². The maximum atomic E-state index is 12.5. The minimum atomic E-state index is -0.407. The summed E-state index contributed by atoms with van der Waals surface area (Å²) in [6.45, 7) is 1.33. The number of hydrogen-bond donors (Lipinski definition) is 1. The van der Waals surface area contributed by atoms with E-state index in [2.05, 4.69) is 0 Å². The molecule has 1 aliphatic heterocycles. The predicted molar refractivity (Wildman–Crippen MR) is 77.1 cm³/mol. The van der Waals surface area contributed by atoms with Crippen LogP contribution in [0, 0.1) is 0 Å². The second-order valence-electron chi connectivity index (χ2n) is 5.77. The Labute approximate surface area is 124 Å². The lowest BCUT2D eigenvalue weighted by Gasteiger charge is -2.39. The van der Waals surface area contributed by atoms with E-state index in [1.165, 1.54) is 6.07 Å². The average molecular weight is 291 g/mol. The van der Waals surface area contributed by atoms with Gasteiger partial charge >= 0.3 is 0 Å². The van der Waals surface area contributed by atoms with Crippen LogP contribution in [0.1, 0.15) is 36.0 Å². The molecule has 1 N–H and O–H groups in total. The lowest BCUT2D eigenvalue weighted by atomic mass is 9.89. The number of aromatic hydroxyl groups is 1. The summed E-state index contributed by atoms with van der Waals surface area (Å²) in [7, 11) is 1.80. The van der Waals surface area contributed by atoms with Crippen LogP contribution in [0.4, 0.5) is 0 Å². The van der Waals surface area contributed by atoms with Gasteiger partial charge in [0.05, 0.1) is 18.8 Å². The molecule has 0 aromatic heterocycles. The van der Waals surface area contributed by atoms with Crippen molar-refractivity contribution < 1.29 is 19.4 Å². The fourth-order valence-electron chi connectivity index (χ4n) is 3.23. The minimum absolute atomic E-state index is 0.0316. The zero-order chi connectivity index (χ0) is 14.9. The maximum absolute atomic E-state index is 12.5. The van der Waals surface area contributed by atoms with Crippen LogP contribution in [0.25, 0.3) is 0 Å². The van der Waals surface area contributed by atoms with Gasteiger partial charge in [-0.25, -0.2) is 0 Å². The van der Waals surface area contributed by atoms with E-state index in [0.29, 0.717) is 18.8 Å². The zero-order valence-electron chi connectivity index (χ0n) is 12.2. The highest BCUT2D eigenvalue weighted by molar-refractivity contribution is 5.96. The summed E-state index contributed by atoms with van der Waals surface area (Å²) < 4.78 is 11.4. The molecule has 21 heavy (non-hydrogen) atoms. The standard InChI is InChI=1S/C16H21NO4/c1-17(15(19)13-4-2-3-5-14(13)18)12-6-8-16(9-7-12)20-10-11-21-16/h2-5,12,18H,6-11H2,1H3. The number of ether oxygens (including phenoxy) is 2. The van der Waals surface area contributed by atoms with E-state index in [1.54, 1.807) is 30.1 Å². The summed E-state index contributed by atoms with van der Waals surface area (Å²) in [6, 6.07) is 6.83. The number of carbonyl (C=O) groups is 1. The third-order valence-corrected chi connectivity index (χ3v) is 4.53. The molecule has 2 aliphatic rings. The zero-order valence-corrected chi connectivity index (χ0v) is 12.2. The molecule has 3 rings (SSSR count). The Kier molecular flexibility index (Phi) is 3.87. The maximum Gasteiger partial charge on any atom is 0.257 e. The van der Waals surface area contributed by atoms with Gasteiger partial charge in [-0.1, -0.05) is 12.1 Å². The SMILES string of the molecule is CN(C(=O)c1ccccc1O)C1CCC2(CC1)OCCO2. The van der Waals surface area contributed by atoms with Gasteiger partial charge in [-0.2, -0.15) is 0 Å². The Balaban J connectivity index is 1.65. The van der Waals surface area contributed by atoms with E-state index in [0.717, 1.165) is 25.7 Å². The predicted octanol–water partition coefficient (Wildman–Crippen LogP) is 2.15. The van der Waals surface area contributed by atoms with Gasteiger partial charge in [-0.3, -0.25) is 4.79 Å². The van der Waals surface area contributed by atoms with Crippen LogP contribution in [-0.2, 0) is 9.47 Å². The first-order valence-corrected chi connectivity index (χ1v) is 7.44. The molecule has 0 atom stereocenters. The van der Waals surface area contributed by atoms with Crippen molar-refractivity contribution in [3.8, 4) is 5.75 Å². The first-order valence-electron chi connectivity index (χ1n) is 7.44. The fraction of sp³-hybridized carbons (Fsp3) is 0.562. The Bertz CT molecular complexity index is 515. The second kappa shape index (κ2) is 5.66. The highest BCUT2D eigenvalue weighted by Gasteiger charge is 2.41. The van der Waals surface area contributed by atoms with Crippen molar-refractivity contribution in [3.05, 3.63) is 29.8 Å². The van der Waals surface area contributed by atoms with Gasteiger partial charge in [-0.15, -0.1) is 0 Å². The number of carbonyl (C=O) groups excluding carboxylic acids is 1. The number of benzene rings is 1. The molecule has 5 heteroatoms. The van der Waals surface area contributed by atoms with Crippen molar-refractivity contribution in [1.82, 2.24) is 4.90 Å². The van der Waals surface area contributed by atoms with Gasteiger partial charge in [0.25, 0.3) is 5.91 Å². The largest absolute Gasteiger partial charge is 0.507 e. The first kappa shape index (κ1) is 14.4. The molecule has 1 aromatic carbocycles. The van der Waals surface area contributed by atoms with Crippen LogP contribution in [0.2, 0.25) is 0 Å². The number of para-hydroxylation sites is 1. The van der Waals surface area contributed by atoms with Gasteiger partial charge in [0.15, 0.2) is 5.79 Å². The smallest absolute Gasteiger partial charge is 0.257 e. The molecule has 2 fully saturated rings. The van der Waals surface area contributed by atoms with Crippen LogP contribution < -0.4 is 0 Å². The number of nitrogens with zero attached hydrogens (tertiary/aromatic N) is 1. The first-order chi connectivity index (χ1) is 10.1. The third-order valence-electron chi connectivity index (χ3n) is 4.53. The molecule has 1 heterocycles. The van der Waals surface area contributed by atoms with E-state index < -0.39 is 5.79 Å². The number of phenolic OH excluding ortho intramolecular Hbond substituents is 1. The molecule has 114 valence electrons. The molecule has 1 saturated carbocycles. The number of hydrogen-bond acceptors (Lipinski definition) is 4. The van der Waals surface area contributed by atoms with E-state index in [-0.39, 0.29) is 17.7 Å². The molecule has 5 nitrogen and oxygen atoms in total. The number of phenols is 1. The summed E-state index contributed by atoms with van der Waals surface area (Å²) in [4.78, 5) is 14.2. The van der Waals surface area contributed by atoms with Crippen molar-refractivity contribution in [2.24, 2.45) is 0 Å². The molecule has 1 amide bonds. The summed E-state index contributed by atoms with van der Waals surface area (Å²) in [5, 5.41) is 9.81. The molecule has 1 saturated heterocycles. The van der Waals surface area contributed by atoms with Crippen molar-refractivity contribution >= 4 is 5.91 Å². The van der Waals surface area contributed by atoms with Crippen LogP contribution >= 0.6 is 0 Å². The molecule has 0 unspecified atom stereocenters. The Morgan fingerprint density at radius 2 is 1.86 bits per heavy atom. The van der Waals surface area contributed by atoms with Crippen molar-refractivity contribution in [1.29, 1.82) is 0 Å². The monoisotopic (exact) mass is 291 g/mol. The summed E-state index contributed by atoms with van der Waals surface area (Å²) in [5.74, 6) is -0.513. The topological polar surface area (TPSA) is 59.0 Å². The minimum Gasteiger partial charge on any atom is -0.507 e. The van der Waals surface area contributed by atoms with Crippen LogP contribution in [-0.4, -0.2) is 48.0 Å². The molecule has 1 aliphatic carbocycles. The van der Waals surface area contributed by atoms with E-state index >= 15 is 0 Å². The lowest BCUT2D eigenvalue weighted by molar-refractivity contribution is -0.182. The van der Waals surface area contributed by atoms with Crippen molar-refractivity contribution in [2.75, 3.05) is 20.3 Å². The Morgan fingerprint density at radius 3 is 2.48 bits per heavy atom. The van der Waals surface area contributed by atoms with E-state index in [4.69, 9.17) is 9.47 Å². The second-order valence-corrected chi connectivity index (χ2v) is 5.77. The molecule has 0 bridgehead atoms. The third kappa shape index (κ3) is 2.76. The van der Waals surface area contributed by atoms with E-state index in [1.807, 2.05) is 0 Å². The summed E-state index contributed by atoms with van der Waals surface area (Å²) >= 11 is 0. The van der Waals surface area contributed by atoms with E-state index in [9.17, 15) is 9.90 Å². The van der Waals surface area contributed by atoms with Crippen molar-refractivity contribution in [3.63, 3.8) is 0 Å². The molecule has 1 aromatic rings. The van der Waals surface area contributed by atoms with Gasteiger partial charge < -0.3 is 19.5 Å². The Morgan fingerprint density at radius 1 is 1.24 bits per heavy atom. The van der Waals surface area contributed by atoms with Crippen LogP contribution in [0.3, 0.4) is 0 Å². The molecule has 1 spiro atoms. The van der Waals surface area contributed by atoms with Crippen LogP contribution in [0.15, 0.2) is 24.3 Å².